The molecule has 1 rings (SSSR count). The number of aromatic nitrogens is 1. The molecule has 0 aliphatic heterocycles. The maximum absolute atomic E-state index is 11.0. The van der Waals surface area contributed by atoms with E-state index in [0.29, 0.717) is 19.0 Å². The second-order valence-electron chi connectivity index (χ2n) is 4.97. The summed E-state index contributed by atoms with van der Waals surface area (Å²) in [5.74, 6) is -0.559. The zero-order valence-electron chi connectivity index (χ0n) is 11.1. The minimum atomic E-state index is -0.972. The van der Waals surface area contributed by atoms with Crippen LogP contribution < -0.4 is 5.32 Å². The Hall–Kier alpha value is -1.62. The minimum absolute atomic E-state index is 0.0172. The standard InChI is InChI=1S/C13H20N2O3/c1-13(2,6-8-18-3)9-15-11-10(12(16)17)5-4-7-14-11/h4-5,7H,6,8-9H2,1-3H3,(H,14,15)(H,16,17). The summed E-state index contributed by atoms with van der Waals surface area (Å²) in [6.45, 7) is 5.53. The van der Waals surface area contributed by atoms with Crippen molar-refractivity contribution in [3.63, 3.8) is 0 Å². The van der Waals surface area contributed by atoms with Crippen molar-refractivity contribution in [1.29, 1.82) is 0 Å². The average molecular weight is 252 g/mol. The number of pyridine rings is 1. The number of rotatable bonds is 7. The Morgan fingerprint density at radius 1 is 1.56 bits per heavy atom. The van der Waals surface area contributed by atoms with Crippen molar-refractivity contribution in [3.8, 4) is 0 Å². The fourth-order valence-electron chi connectivity index (χ4n) is 1.51. The SMILES string of the molecule is COCCC(C)(C)CNc1ncccc1C(=O)O. The summed E-state index contributed by atoms with van der Waals surface area (Å²) >= 11 is 0. The third-order valence-corrected chi connectivity index (χ3v) is 2.76. The van der Waals surface area contributed by atoms with Gasteiger partial charge in [-0.1, -0.05) is 13.8 Å². The third-order valence-electron chi connectivity index (χ3n) is 2.76. The van der Waals surface area contributed by atoms with E-state index in [1.165, 1.54) is 0 Å². The molecule has 18 heavy (non-hydrogen) atoms. The highest BCUT2D eigenvalue weighted by molar-refractivity contribution is 5.92. The molecule has 0 unspecified atom stereocenters. The lowest BCUT2D eigenvalue weighted by Gasteiger charge is -2.25. The molecule has 5 heteroatoms. The number of ether oxygens (including phenoxy) is 1. The highest BCUT2D eigenvalue weighted by Crippen LogP contribution is 2.21. The van der Waals surface area contributed by atoms with E-state index in [1.807, 2.05) is 0 Å². The first-order valence-corrected chi connectivity index (χ1v) is 5.87. The Kier molecular flexibility index (Phi) is 5.09. The van der Waals surface area contributed by atoms with Crippen LogP contribution in [0.1, 0.15) is 30.6 Å². The van der Waals surface area contributed by atoms with Gasteiger partial charge in [-0.3, -0.25) is 0 Å². The van der Waals surface area contributed by atoms with Gasteiger partial charge < -0.3 is 15.2 Å². The Bertz CT molecular complexity index is 405. The van der Waals surface area contributed by atoms with E-state index in [1.54, 1.807) is 25.4 Å². The van der Waals surface area contributed by atoms with Crippen LogP contribution in [-0.4, -0.2) is 36.3 Å². The third kappa shape index (κ3) is 4.33. The number of anilines is 1. The van der Waals surface area contributed by atoms with Crippen LogP contribution in [0.25, 0.3) is 0 Å². The fraction of sp³-hybridized carbons (Fsp3) is 0.538. The molecule has 0 fully saturated rings. The van der Waals surface area contributed by atoms with Gasteiger partial charge in [-0.05, 0) is 24.0 Å². The van der Waals surface area contributed by atoms with E-state index in [0.717, 1.165) is 6.42 Å². The van der Waals surface area contributed by atoms with Gasteiger partial charge in [0.1, 0.15) is 11.4 Å². The molecule has 5 nitrogen and oxygen atoms in total. The van der Waals surface area contributed by atoms with Gasteiger partial charge in [-0.25, -0.2) is 9.78 Å². The van der Waals surface area contributed by atoms with Crippen LogP contribution in [0.3, 0.4) is 0 Å². The average Bonchev–Trinajstić information content (AvgIpc) is 2.34. The molecule has 0 atom stereocenters. The van der Waals surface area contributed by atoms with Crippen molar-refractivity contribution < 1.29 is 14.6 Å². The Morgan fingerprint density at radius 2 is 2.28 bits per heavy atom. The molecule has 0 saturated heterocycles. The first kappa shape index (κ1) is 14.4. The topological polar surface area (TPSA) is 71.5 Å². The van der Waals surface area contributed by atoms with Crippen LogP contribution in [-0.2, 0) is 4.74 Å². The summed E-state index contributed by atoms with van der Waals surface area (Å²) in [4.78, 5) is 15.1. The number of methoxy groups -OCH3 is 1. The predicted molar refractivity (Wildman–Crippen MR) is 70.0 cm³/mol. The van der Waals surface area contributed by atoms with E-state index in [2.05, 4.69) is 24.1 Å². The van der Waals surface area contributed by atoms with Crippen LogP contribution in [0.15, 0.2) is 18.3 Å². The largest absolute Gasteiger partial charge is 0.478 e. The highest BCUT2D eigenvalue weighted by atomic mass is 16.5. The van der Waals surface area contributed by atoms with Crippen LogP contribution in [0.5, 0.6) is 0 Å². The number of aromatic carboxylic acids is 1. The first-order chi connectivity index (χ1) is 8.46. The smallest absolute Gasteiger partial charge is 0.339 e. The molecule has 0 amide bonds. The van der Waals surface area contributed by atoms with Crippen molar-refractivity contribution in [2.75, 3.05) is 25.6 Å². The molecule has 1 aromatic heterocycles. The van der Waals surface area contributed by atoms with Gasteiger partial charge in [0.2, 0.25) is 0 Å². The molecule has 0 aromatic carbocycles. The van der Waals surface area contributed by atoms with Crippen molar-refractivity contribution in [2.24, 2.45) is 5.41 Å². The molecular weight excluding hydrogens is 232 g/mol. The van der Waals surface area contributed by atoms with E-state index < -0.39 is 5.97 Å². The summed E-state index contributed by atoms with van der Waals surface area (Å²) in [7, 11) is 1.67. The molecule has 2 N–H and O–H groups in total. The number of hydrogen-bond donors (Lipinski definition) is 2. The summed E-state index contributed by atoms with van der Waals surface area (Å²) in [6, 6.07) is 3.16. The second kappa shape index (κ2) is 6.35. The number of hydrogen-bond acceptors (Lipinski definition) is 4. The molecule has 0 aliphatic rings. The van der Waals surface area contributed by atoms with Gasteiger partial charge in [-0.2, -0.15) is 0 Å². The number of carbonyl (C=O) groups is 1. The monoisotopic (exact) mass is 252 g/mol. The van der Waals surface area contributed by atoms with Crippen molar-refractivity contribution in [2.45, 2.75) is 20.3 Å². The van der Waals surface area contributed by atoms with E-state index in [-0.39, 0.29) is 11.0 Å². The van der Waals surface area contributed by atoms with E-state index >= 15 is 0 Å². The quantitative estimate of drug-likeness (QED) is 0.778. The zero-order chi connectivity index (χ0) is 13.6. The number of nitrogens with zero attached hydrogens (tertiary/aromatic N) is 1. The summed E-state index contributed by atoms with van der Waals surface area (Å²) in [5.41, 5.74) is 0.212. The molecule has 0 radical (unpaired) electrons. The van der Waals surface area contributed by atoms with Crippen molar-refractivity contribution >= 4 is 11.8 Å². The highest BCUT2D eigenvalue weighted by Gasteiger charge is 2.19. The first-order valence-electron chi connectivity index (χ1n) is 5.87. The van der Waals surface area contributed by atoms with Gasteiger partial charge in [0.25, 0.3) is 0 Å². The summed E-state index contributed by atoms with van der Waals surface area (Å²) < 4.78 is 5.05. The Morgan fingerprint density at radius 3 is 2.89 bits per heavy atom. The number of carboxylic acid groups (broad SMARTS) is 1. The van der Waals surface area contributed by atoms with Gasteiger partial charge in [0.05, 0.1) is 0 Å². The maximum Gasteiger partial charge on any atom is 0.339 e. The Balaban J connectivity index is 2.65. The molecule has 0 saturated carbocycles. The van der Waals surface area contributed by atoms with Crippen LogP contribution in [0.4, 0.5) is 5.82 Å². The van der Waals surface area contributed by atoms with Gasteiger partial charge in [0.15, 0.2) is 0 Å². The van der Waals surface area contributed by atoms with E-state index in [4.69, 9.17) is 9.84 Å². The lowest BCUT2D eigenvalue weighted by molar-refractivity contribution is 0.0697. The number of carboxylic acids is 1. The van der Waals surface area contributed by atoms with Gasteiger partial charge >= 0.3 is 5.97 Å². The normalized spacial score (nSPS) is 11.3. The van der Waals surface area contributed by atoms with Crippen LogP contribution in [0.2, 0.25) is 0 Å². The van der Waals surface area contributed by atoms with Gasteiger partial charge in [-0.15, -0.1) is 0 Å². The summed E-state index contributed by atoms with van der Waals surface area (Å²) in [6.07, 6.45) is 2.47. The molecule has 0 spiro atoms. The molecular formula is C13H20N2O3. The predicted octanol–water partition coefficient (Wildman–Crippen LogP) is 2.25. The van der Waals surface area contributed by atoms with Crippen LogP contribution >= 0.6 is 0 Å². The van der Waals surface area contributed by atoms with E-state index in [9.17, 15) is 4.79 Å². The number of nitrogens with one attached hydrogen (secondary N) is 1. The van der Waals surface area contributed by atoms with Crippen molar-refractivity contribution in [1.82, 2.24) is 4.98 Å². The molecule has 0 aliphatic carbocycles. The lowest BCUT2D eigenvalue weighted by atomic mass is 9.89. The second-order valence-corrected chi connectivity index (χ2v) is 4.97. The van der Waals surface area contributed by atoms with Crippen molar-refractivity contribution in [3.05, 3.63) is 23.9 Å². The van der Waals surface area contributed by atoms with Gasteiger partial charge in [0, 0.05) is 26.5 Å². The maximum atomic E-state index is 11.0. The molecule has 0 bridgehead atoms. The molecule has 1 aromatic rings. The summed E-state index contributed by atoms with van der Waals surface area (Å²) in [5, 5.41) is 12.1. The Labute approximate surface area is 107 Å². The lowest BCUT2D eigenvalue weighted by Crippen LogP contribution is -2.25. The zero-order valence-corrected chi connectivity index (χ0v) is 11.1. The van der Waals surface area contributed by atoms with Crippen LogP contribution in [0, 0.1) is 5.41 Å². The minimum Gasteiger partial charge on any atom is -0.478 e. The fourth-order valence-corrected chi connectivity index (χ4v) is 1.51. The molecule has 1 heterocycles. The molecule has 100 valence electrons.